The van der Waals surface area contributed by atoms with Crippen molar-refractivity contribution in [1.82, 2.24) is 15.5 Å². The van der Waals surface area contributed by atoms with Gasteiger partial charge in [0, 0.05) is 24.7 Å². The lowest BCUT2D eigenvalue weighted by Crippen LogP contribution is -2.55. The topological polar surface area (TPSA) is 44.4 Å². The van der Waals surface area contributed by atoms with E-state index in [4.69, 9.17) is 0 Å². The number of carbonyl (C=O) groups is 1. The summed E-state index contributed by atoms with van der Waals surface area (Å²) in [7, 11) is 2.05. The average Bonchev–Trinajstić information content (AvgIpc) is 2.59. The van der Waals surface area contributed by atoms with Gasteiger partial charge in [-0.3, -0.25) is 9.69 Å². The number of hydrogen-bond acceptors (Lipinski definition) is 3. The van der Waals surface area contributed by atoms with Gasteiger partial charge in [-0.05, 0) is 46.6 Å². The summed E-state index contributed by atoms with van der Waals surface area (Å²) in [6.45, 7) is 4.76. The van der Waals surface area contributed by atoms with Crippen LogP contribution in [0.5, 0.6) is 0 Å². The number of rotatable bonds is 4. The first-order valence-corrected chi connectivity index (χ1v) is 6.89. The number of piperidine rings is 1. The Balaban J connectivity index is 2.01. The van der Waals surface area contributed by atoms with Crippen molar-refractivity contribution >= 4 is 5.91 Å². The Kier molecular flexibility index (Phi) is 4.05. The van der Waals surface area contributed by atoms with Crippen LogP contribution in [0.15, 0.2) is 0 Å². The van der Waals surface area contributed by atoms with E-state index in [1.165, 1.54) is 25.7 Å². The first kappa shape index (κ1) is 12.8. The van der Waals surface area contributed by atoms with Gasteiger partial charge >= 0.3 is 0 Å². The van der Waals surface area contributed by atoms with Crippen LogP contribution in [0.3, 0.4) is 0 Å². The molecule has 98 valence electrons. The highest BCUT2D eigenvalue weighted by atomic mass is 16.2. The molecule has 0 spiro atoms. The Morgan fingerprint density at radius 3 is 2.41 bits per heavy atom. The van der Waals surface area contributed by atoms with Crippen molar-refractivity contribution in [3.8, 4) is 0 Å². The van der Waals surface area contributed by atoms with E-state index in [-0.39, 0.29) is 11.9 Å². The largest absolute Gasteiger partial charge is 0.355 e. The summed E-state index contributed by atoms with van der Waals surface area (Å²) >= 11 is 0. The van der Waals surface area contributed by atoms with E-state index in [1.807, 2.05) is 14.0 Å². The molecule has 17 heavy (non-hydrogen) atoms. The second kappa shape index (κ2) is 5.36. The number of carbonyl (C=O) groups excluding carboxylic acids is 1. The van der Waals surface area contributed by atoms with E-state index in [0.29, 0.717) is 18.1 Å². The maximum absolute atomic E-state index is 11.9. The highest BCUT2D eigenvalue weighted by molar-refractivity contribution is 5.81. The Labute approximate surface area is 104 Å². The van der Waals surface area contributed by atoms with Gasteiger partial charge in [-0.2, -0.15) is 0 Å². The molecule has 0 aromatic carbocycles. The fourth-order valence-electron chi connectivity index (χ4n) is 3.54. The summed E-state index contributed by atoms with van der Waals surface area (Å²) in [4.78, 5) is 14.4. The zero-order valence-electron chi connectivity index (χ0n) is 11.2. The Hall–Kier alpha value is -0.610. The predicted octanol–water partition coefficient (Wildman–Crippen LogP) is 0.726. The summed E-state index contributed by atoms with van der Waals surface area (Å²) in [5, 5.41) is 6.33. The van der Waals surface area contributed by atoms with E-state index in [1.54, 1.807) is 0 Å². The molecule has 2 rings (SSSR count). The minimum atomic E-state index is 0.0326. The van der Waals surface area contributed by atoms with Gasteiger partial charge in [0.15, 0.2) is 0 Å². The third-order valence-corrected chi connectivity index (χ3v) is 4.38. The molecule has 0 saturated carbocycles. The SMILES string of the molecule is CCNC(=O)C(C)N1C2CCC1CC(NC)C2. The number of nitrogens with one attached hydrogen (secondary N) is 2. The predicted molar refractivity (Wildman–Crippen MR) is 68.9 cm³/mol. The number of likely N-dealkylation sites (N-methyl/N-ethyl adjacent to an activating group) is 1. The Morgan fingerprint density at radius 2 is 1.94 bits per heavy atom. The van der Waals surface area contributed by atoms with Crippen LogP contribution in [0.4, 0.5) is 0 Å². The molecule has 1 amide bonds. The van der Waals surface area contributed by atoms with E-state index < -0.39 is 0 Å². The zero-order chi connectivity index (χ0) is 12.4. The molecule has 2 fully saturated rings. The van der Waals surface area contributed by atoms with Gasteiger partial charge in [0.25, 0.3) is 0 Å². The number of amides is 1. The van der Waals surface area contributed by atoms with Crippen molar-refractivity contribution in [2.75, 3.05) is 13.6 Å². The van der Waals surface area contributed by atoms with Crippen molar-refractivity contribution in [2.24, 2.45) is 0 Å². The Morgan fingerprint density at radius 1 is 1.35 bits per heavy atom. The molecular weight excluding hydrogens is 214 g/mol. The maximum atomic E-state index is 11.9. The van der Waals surface area contributed by atoms with Gasteiger partial charge in [-0.15, -0.1) is 0 Å². The molecule has 3 unspecified atom stereocenters. The van der Waals surface area contributed by atoms with Crippen LogP contribution in [0.25, 0.3) is 0 Å². The summed E-state index contributed by atoms with van der Waals surface area (Å²) in [5.41, 5.74) is 0. The molecule has 4 nitrogen and oxygen atoms in total. The van der Waals surface area contributed by atoms with Crippen LogP contribution < -0.4 is 10.6 Å². The molecule has 0 aromatic heterocycles. The van der Waals surface area contributed by atoms with Crippen LogP contribution in [0, 0.1) is 0 Å². The van der Waals surface area contributed by atoms with Gasteiger partial charge < -0.3 is 10.6 Å². The molecule has 2 bridgehead atoms. The lowest BCUT2D eigenvalue weighted by atomic mass is 9.95. The lowest BCUT2D eigenvalue weighted by Gasteiger charge is -2.41. The van der Waals surface area contributed by atoms with E-state index in [0.717, 1.165) is 6.54 Å². The summed E-state index contributed by atoms with van der Waals surface area (Å²) in [6.07, 6.45) is 4.90. The fourth-order valence-corrected chi connectivity index (χ4v) is 3.54. The first-order valence-electron chi connectivity index (χ1n) is 6.89. The maximum Gasteiger partial charge on any atom is 0.237 e. The first-order chi connectivity index (χ1) is 8.17. The highest BCUT2D eigenvalue weighted by Crippen LogP contribution is 2.37. The quantitative estimate of drug-likeness (QED) is 0.760. The molecule has 0 aromatic rings. The molecule has 0 aliphatic carbocycles. The molecule has 2 saturated heterocycles. The van der Waals surface area contributed by atoms with Crippen molar-refractivity contribution < 1.29 is 4.79 Å². The molecule has 3 atom stereocenters. The highest BCUT2D eigenvalue weighted by Gasteiger charge is 2.43. The van der Waals surface area contributed by atoms with Crippen molar-refractivity contribution in [3.63, 3.8) is 0 Å². The third-order valence-electron chi connectivity index (χ3n) is 4.38. The van der Waals surface area contributed by atoms with E-state index >= 15 is 0 Å². The molecule has 4 heteroatoms. The van der Waals surface area contributed by atoms with Gasteiger partial charge in [-0.1, -0.05) is 0 Å². The van der Waals surface area contributed by atoms with Crippen LogP contribution in [-0.2, 0) is 4.79 Å². The lowest BCUT2D eigenvalue weighted by molar-refractivity contribution is -0.127. The molecule has 2 aliphatic heterocycles. The molecular formula is C13H25N3O. The normalized spacial score (nSPS) is 34.6. The summed E-state index contributed by atoms with van der Waals surface area (Å²) in [6, 6.07) is 1.88. The zero-order valence-corrected chi connectivity index (χ0v) is 11.2. The summed E-state index contributed by atoms with van der Waals surface area (Å²) < 4.78 is 0. The van der Waals surface area contributed by atoms with Crippen molar-refractivity contribution in [1.29, 1.82) is 0 Å². The number of nitrogens with zero attached hydrogens (tertiary/aromatic N) is 1. The fraction of sp³-hybridized carbons (Fsp3) is 0.923. The summed E-state index contributed by atoms with van der Waals surface area (Å²) in [5.74, 6) is 0.187. The van der Waals surface area contributed by atoms with Crippen LogP contribution in [0.2, 0.25) is 0 Å². The molecule has 2 heterocycles. The Bertz CT molecular complexity index is 268. The standard InChI is InChI=1S/C13H25N3O/c1-4-15-13(17)9(2)16-11-5-6-12(16)8-10(7-11)14-3/h9-12,14H,4-8H2,1-3H3,(H,15,17). The van der Waals surface area contributed by atoms with Gasteiger partial charge in [-0.25, -0.2) is 0 Å². The monoisotopic (exact) mass is 239 g/mol. The molecule has 2 N–H and O–H groups in total. The van der Waals surface area contributed by atoms with Gasteiger partial charge in [0.2, 0.25) is 5.91 Å². The van der Waals surface area contributed by atoms with Crippen molar-refractivity contribution in [3.05, 3.63) is 0 Å². The second-order valence-corrected chi connectivity index (χ2v) is 5.36. The van der Waals surface area contributed by atoms with Gasteiger partial charge in [0.05, 0.1) is 6.04 Å². The minimum absolute atomic E-state index is 0.0326. The van der Waals surface area contributed by atoms with Crippen molar-refractivity contribution in [2.45, 2.75) is 63.7 Å². The third kappa shape index (κ3) is 2.47. The van der Waals surface area contributed by atoms with Gasteiger partial charge in [0.1, 0.15) is 0 Å². The van der Waals surface area contributed by atoms with E-state index in [9.17, 15) is 4.79 Å². The average molecular weight is 239 g/mol. The van der Waals surface area contributed by atoms with Crippen LogP contribution in [0.1, 0.15) is 39.5 Å². The molecule has 0 radical (unpaired) electrons. The molecule has 2 aliphatic rings. The minimum Gasteiger partial charge on any atom is -0.355 e. The van der Waals surface area contributed by atoms with E-state index in [2.05, 4.69) is 22.5 Å². The number of fused-ring (bicyclic) bond motifs is 2. The number of hydrogen-bond donors (Lipinski definition) is 2. The smallest absolute Gasteiger partial charge is 0.237 e. The van der Waals surface area contributed by atoms with Crippen LogP contribution >= 0.6 is 0 Å². The van der Waals surface area contributed by atoms with Crippen LogP contribution in [-0.4, -0.2) is 48.6 Å². The second-order valence-electron chi connectivity index (χ2n) is 5.36.